The van der Waals surface area contributed by atoms with Crippen molar-refractivity contribution >= 4 is 5.70 Å². The zero-order chi connectivity index (χ0) is 14.3. The predicted molar refractivity (Wildman–Crippen MR) is 81.7 cm³/mol. The normalized spacial score (nSPS) is 36.4. The van der Waals surface area contributed by atoms with Gasteiger partial charge in [-0.15, -0.1) is 0 Å². The Bertz CT molecular complexity index is 525. The highest BCUT2D eigenvalue weighted by atomic mass is 16.3. The number of aryl methyl sites for hydroxylation is 1. The fourth-order valence-electron chi connectivity index (χ4n) is 3.51. The monoisotopic (exact) mass is 272 g/mol. The van der Waals surface area contributed by atoms with Crippen LogP contribution in [0, 0.1) is 24.7 Å². The standard InChI is InChI=1S/C17H24N2O/c1-10-4-3-5-12(6-10)15(18)9-19-17-11(2)16(20)8-13-7-14(13)17/h3-6,9,11,13-14,16-17,19-20H,7-8,18H2,1-2H3/b15-9-. The molecule has 0 heterocycles. The summed E-state index contributed by atoms with van der Waals surface area (Å²) in [5, 5.41) is 13.5. The fraction of sp³-hybridized carbons (Fsp3) is 0.529. The third kappa shape index (κ3) is 2.55. The van der Waals surface area contributed by atoms with Crippen molar-refractivity contribution in [2.45, 2.75) is 38.8 Å². The molecule has 2 saturated carbocycles. The molecule has 1 aromatic carbocycles. The van der Waals surface area contributed by atoms with E-state index in [1.54, 1.807) is 0 Å². The van der Waals surface area contributed by atoms with E-state index in [0.717, 1.165) is 23.6 Å². The molecule has 3 rings (SSSR count). The molecule has 3 heteroatoms. The number of hydrogen-bond donors (Lipinski definition) is 3. The lowest BCUT2D eigenvalue weighted by atomic mass is 9.83. The second-order valence-electron chi connectivity index (χ2n) is 6.48. The molecular formula is C17H24N2O. The Morgan fingerprint density at radius 2 is 2.20 bits per heavy atom. The molecule has 0 amide bonds. The third-order valence-electron chi connectivity index (χ3n) is 4.94. The summed E-state index contributed by atoms with van der Waals surface area (Å²) in [4.78, 5) is 0. The SMILES string of the molecule is Cc1cccc(/C(N)=C/NC2C(C)C(O)CC3CC32)c1. The van der Waals surface area contributed by atoms with E-state index in [1.807, 2.05) is 18.3 Å². The Morgan fingerprint density at radius 3 is 2.95 bits per heavy atom. The Morgan fingerprint density at radius 1 is 1.40 bits per heavy atom. The minimum absolute atomic E-state index is 0.176. The van der Waals surface area contributed by atoms with Crippen LogP contribution in [0.2, 0.25) is 0 Å². The van der Waals surface area contributed by atoms with Crippen molar-refractivity contribution in [3.63, 3.8) is 0 Å². The number of fused-ring (bicyclic) bond motifs is 1. The van der Waals surface area contributed by atoms with E-state index in [2.05, 4.69) is 31.3 Å². The lowest BCUT2D eigenvalue weighted by molar-refractivity contribution is 0.0556. The van der Waals surface area contributed by atoms with Crippen LogP contribution in [0.3, 0.4) is 0 Å². The average Bonchev–Trinajstić information content (AvgIpc) is 3.17. The molecular weight excluding hydrogens is 248 g/mol. The van der Waals surface area contributed by atoms with Crippen LogP contribution in [-0.2, 0) is 0 Å². The Labute approximate surface area is 120 Å². The predicted octanol–water partition coefficient (Wildman–Crippen LogP) is 2.25. The van der Waals surface area contributed by atoms with Gasteiger partial charge in [-0.25, -0.2) is 0 Å². The maximum absolute atomic E-state index is 10.1. The van der Waals surface area contributed by atoms with Gasteiger partial charge in [0.1, 0.15) is 0 Å². The number of benzene rings is 1. The van der Waals surface area contributed by atoms with Gasteiger partial charge in [0.2, 0.25) is 0 Å². The number of aliphatic hydroxyl groups excluding tert-OH is 1. The van der Waals surface area contributed by atoms with Crippen molar-refractivity contribution in [2.24, 2.45) is 23.5 Å². The van der Waals surface area contributed by atoms with Crippen molar-refractivity contribution in [1.29, 1.82) is 0 Å². The fourth-order valence-corrected chi connectivity index (χ4v) is 3.51. The minimum Gasteiger partial charge on any atom is -0.397 e. The van der Waals surface area contributed by atoms with Crippen molar-refractivity contribution in [1.82, 2.24) is 5.32 Å². The van der Waals surface area contributed by atoms with Gasteiger partial charge in [-0.1, -0.05) is 30.7 Å². The zero-order valence-electron chi connectivity index (χ0n) is 12.2. The molecule has 2 aliphatic carbocycles. The molecule has 0 spiro atoms. The number of aliphatic hydroxyl groups is 1. The molecule has 108 valence electrons. The van der Waals surface area contributed by atoms with Crippen LogP contribution in [0.15, 0.2) is 30.5 Å². The van der Waals surface area contributed by atoms with Gasteiger partial charge in [-0.3, -0.25) is 0 Å². The van der Waals surface area contributed by atoms with Crippen molar-refractivity contribution in [3.8, 4) is 0 Å². The van der Waals surface area contributed by atoms with Crippen molar-refractivity contribution in [3.05, 3.63) is 41.6 Å². The summed E-state index contributed by atoms with van der Waals surface area (Å²) < 4.78 is 0. The third-order valence-corrected chi connectivity index (χ3v) is 4.94. The first kappa shape index (κ1) is 13.5. The summed E-state index contributed by atoms with van der Waals surface area (Å²) in [5.74, 6) is 1.72. The van der Waals surface area contributed by atoms with Gasteiger partial charge in [-0.2, -0.15) is 0 Å². The molecule has 1 aromatic rings. The molecule has 2 fully saturated rings. The Balaban J connectivity index is 1.70. The van der Waals surface area contributed by atoms with Crippen molar-refractivity contribution < 1.29 is 5.11 Å². The van der Waals surface area contributed by atoms with Crippen LogP contribution in [0.5, 0.6) is 0 Å². The maximum atomic E-state index is 10.1. The summed E-state index contributed by atoms with van der Waals surface area (Å²) in [7, 11) is 0. The molecule has 3 nitrogen and oxygen atoms in total. The summed E-state index contributed by atoms with van der Waals surface area (Å²) >= 11 is 0. The van der Waals surface area contributed by atoms with Gasteiger partial charge in [0, 0.05) is 18.2 Å². The highest BCUT2D eigenvalue weighted by Crippen LogP contribution is 2.51. The average molecular weight is 272 g/mol. The molecule has 0 bridgehead atoms. The van der Waals surface area contributed by atoms with Gasteiger partial charge in [0.15, 0.2) is 0 Å². The van der Waals surface area contributed by atoms with E-state index >= 15 is 0 Å². The van der Waals surface area contributed by atoms with Crippen LogP contribution < -0.4 is 11.1 Å². The number of hydrogen-bond acceptors (Lipinski definition) is 3. The first-order valence-corrected chi connectivity index (χ1v) is 7.53. The molecule has 0 aliphatic heterocycles. The first-order valence-electron chi connectivity index (χ1n) is 7.53. The van der Waals surface area contributed by atoms with E-state index in [-0.39, 0.29) is 6.10 Å². The van der Waals surface area contributed by atoms with Gasteiger partial charge >= 0.3 is 0 Å². The molecule has 0 radical (unpaired) electrons. The van der Waals surface area contributed by atoms with Gasteiger partial charge in [-0.05, 0) is 43.2 Å². The lowest BCUT2D eigenvalue weighted by Gasteiger charge is -2.33. The minimum atomic E-state index is -0.176. The van der Waals surface area contributed by atoms with Crippen molar-refractivity contribution in [2.75, 3.05) is 0 Å². The number of nitrogens with two attached hydrogens (primary N) is 1. The van der Waals surface area contributed by atoms with Gasteiger partial charge in [0.05, 0.1) is 11.8 Å². The molecule has 20 heavy (non-hydrogen) atoms. The van der Waals surface area contributed by atoms with Crippen LogP contribution in [0.4, 0.5) is 0 Å². The molecule has 0 saturated heterocycles. The summed E-state index contributed by atoms with van der Waals surface area (Å²) in [6.07, 6.45) is 3.96. The quantitative estimate of drug-likeness (QED) is 0.791. The van der Waals surface area contributed by atoms with Gasteiger partial charge < -0.3 is 16.2 Å². The second kappa shape index (κ2) is 5.13. The van der Waals surface area contributed by atoms with E-state index < -0.39 is 0 Å². The Hall–Kier alpha value is -1.48. The topological polar surface area (TPSA) is 58.3 Å². The van der Waals surface area contributed by atoms with Crippen LogP contribution in [0.1, 0.15) is 30.9 Å². The zero-order valence-corrected chi connectivity index (χ0v) is 12.2. The largest absolute Gasteiger partial charge is 0.397 e. The highest BCUT2D eigenvalue weighted by Gasteiger charge is 2.51. The maximum Gasteiger partial charge on any atom is 0.0588 e. The van der Waals surface area contributed by atoms with Gasteiger partial charge in [0.25, 0.3) is 0 Å². The molecule has 5 unspecified atom stereocenters. The molecule has 0 aromatic heterocycles. The molecule has 4 N–H and O–H groups in total. The van der Waals surface area contributed by atoms with Crippen LogP contribution in [-0.4, -0.2) is 17.3 Å². The molecule has 5 atom stereocenters. The van der Waals surface area contributed by atoms with Crippen LogP contribution >= 0.6 is 0 Å². The molecule has 2 aliphatic rings. The smallest absolute Gasteiger partial charge is 0.0588 e. The highest BCUT2D eigenvalue weighted by molar-refractivity contribution is 5.62. The Kier molecular flexibility index (Phi) is 3.47. The second-order valence-corrected chi connectivity index (χ2v) is 6.48. The van der Waals surface area contributed by atoms with E-state index in [1.165, 1.54) is 12.0 Å². The first-order chi connectivity index (χ1) is 9.56. The van der Waals surface area contributed by atoms with Crippen LogP contribution in [0.25, 0.3) is 5.70 Å². The van der Waals surface area contributed by atoms with E-state index in [9.17, 15) is 5.11 Å². The number of nitrogens with one attached hydrogen (secondary N) is 1. The van der Waals surface area contributed by atoms with E-state index in [0.29, 0.717) is 17.9 Å². The summed E-state index contributed by atoms with van der Waals surface area (Å²) in [6.45, 7) is 4.20. The summed E-state index contributed by atoms with van der Waals surface area (Å²) in [5.41, 5.74) is 9.18. The summed E-state index contributed by atoms with van der Waals surface area (Å²) in [6, 6.07) is 8.56. The van der Waals surface area contributed by atoms with E-state index in [4.69, 9.17) is 5.73 Å². The number of rotatable bonds is 3. The lowest BCUT2D eigenvalue weighted by Crippen LogP contribution is -2.43.